The molecule has 4 saturated heterocycles. The third-order valence-corrected chi connectivity index (χ3v) is 10.1. The van der Waals surface area contributed by atoms with Crippen molar-refractivity contribution in [2.24, 2.45) is 5.41 Å². The number of fused-ring (bicyclic) bond motifs is 3. The molecular formula is C24H28N2O8. The number of aliphatic hydroxyl groups excluding tert-OH is 1. The molecule has 9 rings (SSSR count). The topological polar surface area (TPSA) is 118 Å². The molecule has 8 aliphatic rings. The van der Waals surface area contributed by atoms with E-state index in [0.717, 1.165) is 5.56 Å². The van der Waals surface area contributed by atoms with Crippen LogP contribution in [0.25, 0.3) is 0 Å². The van der Waals surface area contributed by atoms with E-state index >= 15 is 0 Å². The molecule has 3 spiro atoms. The molecule has 0 unspecified atom stereocenters. The number of amides is 1. The fraction of sp³-hybridized carbons (Fsp3) is 0.667. The molecule has 1 aromatic carbocycles. The van der Waals surface area contributed by atoms with Crippen molar-refractivity contribution >= 4 is 17.7 Å². The van der Waals surface area contributed by atoms with Crippen LogP contribution in [0.1, 0.15) is 31.2 Å². The monoisotopic (exact) mass is 472 g/mol. The molecule has 10 nitrogen and oxygen atoms in total. The number of hydrogen-bond donors (Lipinski definition) is 2. The fourth-order valence-electron chi connectivity index (χ4n) is 9.34. The van der Waals surface area contributed by atoms with E-state index in [0.29, 0.717) is 37.2 Å². The number of esters is 1. The zero-order valence-corrected chi connectivity index (χ0v) is 19.3. The zero-order valence-electron chi connectivity index (χ0n) is 19.3. The number of hydrogen-bond acceptors (Lipinski definition) is 9. The summed E-state index contributed by atoms with van der Waals surface area (Å²) in [5, 5.41) is 24.2. The number of benzene rings is 1. The van der Waals surface area contributed by atoms with Crippen LogP contribution in [0.15, 0.2) is 18.2 Å². The molecule has 1 amide bonds. The number of ether oxygens (including phenoxy) is 4. The second-order valence-corrected chi connectivity index (χ2v) is 10.5. The number of aliphatic hydroxyl groups is 2. The molecule has 0 radical (unpaired) electrons. The molecule has 0 aromatic heterocycles. The molecule has 182 valence electrons. The Labute approximate surface area is 196 Å². The van der Waals surface area contributed by atoms with Crippen LogP contribution in [0.4, 0.5) is 10.5 Å². The van der Waals surface area contributed by atoms with Gasteiger partial charge in [0.25, 0.3) is 0 Å². The number of carbonyl (C=O) groups excluding carboxylic acids is 2. The SMILES string of the molecule is COC(=O)N1c2c(OC)cccc2[C@@]23CCN4[C@H]5C[C@H](O)[C@]6(CC[C@]12[C@](O)(C(=O)OC)[C@@H]6O5)[C@H]43. The fourth-order valence-corrected chi connectivity index (χ4v) is 9.34. The number of anilines is 1. The molecule has 1 aromatic rings. The lowest BCUT2D eigenvalue weighted by Gasteiger charge is -2.78. The normalized spacial score (nSPS) is 46.8. The summed E-state index contributed by atoms with van der Waals surface area (Å²) in [6.45, 7) is 0.654. The lowest BCUT2D eigenvalue weighted by molar-refractivity contribution is -0.389. The summed E-state index contributed by atoms with van der Waals surface area (Å²) in [7, 11) is 4.04. The van der Waals surface area contributed by atoms with Gasteiger partial charge in [0.2, 0.25) is 5.60 Å². The maximum atomic E-state index is 13.7. The van der Waals surface area contributed by atoms with Crippen molar-refractivity contribution in [1.29, 1.82) is 0 Å². The van der Waals surface area contributed by atoms with E-state index in [9.17, 15) is 19.8 Å². The molecule has 8 atom stereocenters. The van der Waals surface area contributed by atoms with Gasteiger partial charge in [-0.05, 0) is 30.9 Å². The summed E-state index contributed by atoms with van der Waals surface area (Å²) in [5.41, 5.74) is -4.09. The van der Waals surface area contributed by atoms with Crippen LogP contribution in [-0.4, -0.2) is 90.7 Å². The molecule has 7 fully saturated rings. The summed E-state index contributed by atoms with van der Waals surface area (Å²) in [6.07, 6.45) is -1.16. The first kappa shape index (κ1) is 20.9. The molecule has 34 heavy (non-hydrogen) atoms. The van der Waals surface area contributed by atoms with E-state index in [1.807, 2.05) is 12.1 Å². The molecule has 5 heterocycles. The van der Waals surface area contributed by atoms with Gasteiger partial charge in [0.05, 0.1) is 33.1 Å². The van der Waals surface area contributed by atoms with Gasteiger partial charge >= 0.3 is 12.1 Å². The van der Waals surface area contributed by atoms with Crippen molar-refractivity contribution in [1.82, 2.24) is 4.90 Å². The first-order valence-corrected chi connectivity index (χ1v) is 11.8. The smallest absolute Gasteiger partial charge is 0.414 e. The van der Waals surface area contributed by atoms with Crippen LogP contribution in [0.5, 0.6) is 5.75 Å². The van der Waals surface area contributed by atoms with Gasteiger partial charge in [-0.15, -0.1) is 0 Å². The summed E-state index contributed by atoms with van der Waals surface area (Å²) in [6, 6.07) is 5.35. The van der Waals surface area contributed by atoms with E-state index in [1.54, 1.807) is 6.07 Å². The van der Waals surface area contributed by atoms with E-state index in [4.69, 9.17) is 18.9 Å². The highest BCUT2D eigenvalue weighted by atomic mass is 16.6. The molecule has 10 heteroatoms. The summed E-state index contributed by atoms with van der Waals surface area (Å²) < 4.78 is 22.6. The number of nitrogens with zero attached hydrogens (tertiary/aromatic N) is 2. The van der Waals surface area contributed by atoms with E-state index < -0.39 is 52.5 Å². The van der Waals surface area contributed by atoms with Gasteiger partial charge in [-0.25, -0.2) is 9.59 Å². The summed E-state index contributed by atoms with van der Waals surface area (Å²) in [5.74, 6) is -0.415. The first-order valence-electron chi connectivity index (χ1n) is 11.8. The minimum Gasteiger partial charge on any atom is -0.495 e. The Bertz CT molecular complexity index is 1140. The predicted molar refractivity (Wildman–Crippen MR) is 115 cm³/mol. The van der Waals surface area contributed by atoms with Gasteiger partial charge in [0.1, 0.15) is 23.6 Å². The Kier molecular flexibility index (Phi) is 3.72. The maximum absolute atomic E-state index is 13.7. The number of rotatable bonds is 2. The molecule has 3 saturated carbocycles. The van der Waals surface area contributed by atoms with E-state index in [-0.39, 0.29) is 12.5 Å². The van der Waals surface area contributed by atoms with Crippen molar-refractivity contribution in [2.45, 2.75) is 66.7 Å². The Hall–Kier alpha value is -2.40. The number of piperidine rings is 1. The highest BCUT2D eigenvalue weighted by Gasteiger charge is 2.93. The van der Waals surface area contributed by atoms with Crippen LogP contribution >= 0.6 is 0 Å². The van der Waals surface area contributed by atoms with Crippen LogP contribution < -0.4 is 9.64 Å². The van der Waals surface area contributed by atoms with Gasteiger partial charge in [-0.3, -0.25) is 9.80 Å². The first-order chi connectivity index (χ1) is 16.3. The highest BCUT2D eigenvalue weighted by Crippen LogP contribution is 2.80. The number of methoxy groups -OCH3 is 3. The van der Waals surface area contributed by atoms with Crippen LogP contribution in [-0.2, 0) is 24.4 Å². The molecule has 3 aliphatic carbocycles. The average Bonchev–Trinajstić information content (AvgIpc) is 3.41. The van der Waals surface area contributed by atoms with Crippen LogP contribution in [0.3, 0.4) is 0 Å². The van der Waals surface area contributed by atoms with Crippen molar-refractivity contribution < 1.29 is 38.7 Å². The third kappa shape index (κ3) is 1.66. The van der Waals surface area contributed by atoms with Gasteiger partial charge in [0.15, 0.2) is 0 Å². The Balaban J connectivity index is 1.65. The predicted octanol–water partition coefficient (Wildman–Crippen LogP) is 0.520. The Morgan fingerprint density at radius 3 is 2.65 bits per heavy atom. The zero-order chi connectivity index (χ0) is 23.8. The summed E-state index contributed by atoms with van der Waals surface area (Å²) >= 11 is 0. The molecule has 2 N–H and O–H groups in total. The van der Waals surface area contributed by atoms with Crippen LogP contribution in [0, 0.1) is 5.41 Å². The quantitative estimate of drug-likeness (QED) is 0.594. The van der Waals surface area contributed by atoms with E-state index in [1.165, 1.54) is 26.2 Å². The standard InChI is InChI=1S/C24H28N2O8/c1-31-13-6-4-5-12-16(13)26(20(29)33-3)23-8-7-21-14(27)11-15(25-10-9-22(12,23)17(21)25)34-18(21)24(23,30)19(28)32-2/h4-6,14-15,17-18,27,30H,7-11H2,1-3H3/t14-,15+,17-,18+,21+,22+,23-,24+/m0/s1. The van der Waals surface area contributed by atoms with Crippen molar-refractivity contribution in [3.8, 4) is 5.75 Å². The van der Waals surface area contributed by atoms with E-state index in [2.05, 4.69) is 4.90 Å². The lowest BCUT2D eigenvalue weighted by atomic mass is 9.35. The summed E-state index contributed by atoms with van der Waals surface area (Å²) in [4.78, 5) is 31.0. The second kappa shape index (κ2) is 6.04. The number of para-hydroxylation sites is 1. The molecular weight excluding hydrogens is 444 g/mol. The van der Waals surface area contributed by atoms with Gasteiger partial charge in [-0.1, -0.05) is 12.1 Å². The second-order valence-electron chi connectivity index (χ2n) is 10.5. The Morgan fingerprint density at radius 1 is 1.15 bits per heavy atom. The molecule has 5 aliphatic heterocycles. The average molecular weight is 472 g/mol. The van der Waals surface area contributed by atoms with Gasteiger partial charge in [-0.2, -0.15) is 0 Å². The van der Waals surface area contributed by atoms with Crippen molar-refractivity contribution in [3.05, 3.63) is 23.8 Å². The van der Waals surface area contributed by atoms with Gasteiger partial charge < -0.3 is 29.2 Å². The van der Waals surface area contributed by atoms with Crippen molar-refractivity contribution in [2.75, 3.05) is 32.8 Å². The molecule has 5 bridgehead atoms. The number of carbonyl (C=O) groups is 2. The van der Waals surface area contributed by atoms with Crippen LogP contribution in [0.2, 0.25) is 0 Å². The maximum Gasteiger partial charge on any atom is 0.414 e. The minimum atomic E-state index is -2.23. The third-order valence-electron chi connectivity index (χ3n) is 10.1. The Morgan fingerprint density at radius 2 is 1.94 bits per heavy atom. The largest absolute Gasteiger partial charge is 0.495 e. The van der Waals surface area contributed by atoms with Gasteiger partial charge in [0, 0.05) is 29.8 Å². The highest BCUT2D eigenvalue weighted by molar-refractivity contribution is 6.01. The minimum absolute atomic E-state index is 0.230. The lowest BCUT2D eigenvalue weighted by Crippen LogP contribution is -2.95. The van der Waals surface area contributed by atoms with Crippen molar-refractivity contribution in [3.63, 3.8) is 0 Å².